The number of hydrogen-bond donors (Lipinski definition) is 1. The summed E-state index contributed by atoms with van der Waals surface area (Å²) in [5.74, 6) is 1.85. The summed E-state index contributed by atoms with van der Waals surface area (Å²) in [7, 11) is 1.59. The first-order chi connectivity index (χ1) is 12.3. The average Bonchev–Trinajstić information content (AvgIpc) is 2.61. The van der Waals surface area contributed by atoms with Gasteiger partial charge in [0.2, 0.25) is 0 Å². The molecule has 26 heavy (non-hydrogen) atoms. The topological polar surface area (TPSA) is 73.3 Å². The van der Waals surface area contributed by atoms with Crippen molar-refractivity contribution in [3.8, 4) is 11.5 Å². The van der Waals surface area contributed by atoms with Crippen LogP contribution in [0.25, 0.3) is 0 Å². The molecule has 1 N–H and O–H groups in total. The van der Waals surface area contributed by atoms with E-state index in [0.29, 0.717) is 29.8 Å². The highest BCUT2D eigenvalue weighted by atomic mass is 35.5. The lowest BCUT2D eigenvalue weighted by Gasteiger charge is -2.18. The molecule has 0 saturated heterocycles. The third-order valence-corrected chi connectivity index (χ3v) is 3.96. The van der Waals surface area contributed by atoms with E-state index in [2.05, 4.69) is 29.1 Å². The second kappa shape index (κ2) is 8.85. The van der Waals surface area contributed by atoms with Gasteiger partial charge in [0, 0.05) is 0 Å². The van der Waals surface area contributed by atoms with Crippen LogP contribution in [0, 0.1) is 12.8 Å². The molecule has 2 rings (SSSR count). The quantitative estimate of drug-likeness (QED) is 0.790. The average molecular weight is 378 g/mol. The van der Waals surface area contributed by atoms with E-state index in [0.717, 1.165) is 5.56 Å². The second-order valence-electron chi connectivity index (χ2n) is 6.42. The summed E-state index contributed by atoms with van der Waals surface area (Å²) >= 11 is 6.03. The Balaban J connectivity index is 2.14. The predicted molar refractivity (Wildman–Crippen MR) is 101 cm³/mol. The normalized spacial score (nSPS) is 12.0. The molecule has 2 aromatic rings. The van der Waals surface area contributed by atoms with E-state index >= 15 is 0 Å². The van der Waals surface area contributed by atoms with Gasteiger partial charge >= 0.3 is 0 Å². The summed E-state index contributed by atoms with van der Waals surface area (Å²) in [5.41, 5.74) is 1.05. The zero-order chi connectivity index (χ0) is 19.3. The SMILES string of the molecule is COc1cc(C(C)NC(=O)c2nc(C)ncc2Cl)ccc1OCC(C)C. The van der Waals surface area contributed by atoms with Gasteiger partial charge in [-0.25, -0.2) is 9.97 Å². The number of benzene rings is 1. The summed E-state index contributed by atoms with van der Waals surface area (Å²) in [4.78, 5) is 20.5. The maximum absolute atomic E-state index is 12.5. The number of ether oxygens (including phenoxy) is 2. The molecule has 1 atom stereocenters. The van der Waals surface area contributed by atoms with Crippen LogP contribution in [0.2, 0.25) is 5.02 Å². The van der Waals surface area contributed by atoms with Crippen LogP contribution in [0.5, 0.6) is 11.5 Å². The molecular weight excluding hydrogens is 354 g/mol. The van der Waals surface area contributed by atoms with Crippen molar-refractivity contribution in [3.05, 3.63) is 46.5 Å². The van der Waals surface area contributed by atoms with Crippen LogP contribution < -0.4 is 14.8 Å². The molecular formula is C19H24ClN3O3. The molecule has 1 amide bonds. The molecule has 0 fully saturated rings. The molecule has 0 radical (unpaired) electrons. The molecule has 1 unspecified atom stereocenters. The van der Waals surface area contributed by atoms with Crippen LogP contribution in [0.4, 0.5) is 0 Å². The van der Waals surface area contributed by atoms with Gasteiger partial charge in [-0.15, -0.1) is 0 Å². The van der Waals surface area contributed by atoms with Crippen molar-refractivity contribution in [1.82, 2.24) is 15.3 Å². The first kappa shape index (κ1) is 20.0. The smallest absolute Gasteiger partial charge is 0.272 e. The molecule has 0 bridgehead atoms. The zero-order valence-corrected chi connectivity index (χ0v) is 16.4. The number of nitrogens with zero attached hydrogens (tertiary/aromatic N) is 2. The largest absolute Gasteiger partial charge is 0.493 e. The molecule has 0 saturated carbocycles. The molecule has 6 nitrogen and oxygen atoms in total. The van der Waals surface area contributed by atoms with Crippen LogP contribution in [-0.4, -0.2) is 29.6 Å². The van der Waals surface area contributed by atoms with Crippen molar-refractivity contribution in [2.45, 2.75) is 33.7 Å². The molecule has 140 valence electrons. The fourth-order valence-electron chi connectivity index (χ4n) is 2.29. The Hall–Kier alpha value is -2.34. The van der Waals surface area contributed by atoms with E-state index in [4.69, 9.17) is 21.1 Å². The van der Waals surface area contributed by atoms with E-state index in [1.165, 1.54) is 6.20 Å². The monoisotopic (exact) mass is 377 g/mol. The number of rotatable bonds is 7. The van der Waals surface area contributed by atoms with Crippen molar-refractivity contribution >= 4 is 17.5 Å². The van der Waals surface area contributed by atoms with Crippen LogP contribution in [0.1, 0.15) is 48.7 Å². The minimum Gasteiger partial charge on any atom is -0.493 e. The second-order valence-corrected chi connectivity index (χ2v) is 6.83. The third-order valence-electron chi connectivity index (χ3n) is 3.69. The molecule has 1 aromatic heterocycles. The van der Waals surface area contributed by atoms with Gasteiger partial charge in [-0.2, -0.15) is 0 Å². The predicted octanol–water partition coefficient (Wildman–Crippen LogP) is 3.97. The number of methoxy groups -OCH3 is 1. The molecule has 7 heteroatoms. The first-order valence-electron chi connectivity index (χ1n) is 8.42. The van der Waals surface area contributed by atoms with E-state index in [1.54, 1.807) is 14.0 Å². The molecule has 0 spiro atoms. The van der Waals surface area contributed by atoms with Gasteiger partial charge in [-0.1, -0.05) is 31.5 Å². The van der Waals surface area contributed by atoms with Gasteiger partial charge < -0.3 is 14.8 Å². The summed E-state index contributed by atoms with van der Waals surface area (Å²) < 4.78 is 11.2. The fraction of sp³-hybridized carbons (Fsp3) is 0.421. The minimum absolute atomic E-state index is 0.162. The fourth-order valence-corrected chi connectivity index (χ4v) is 2.47. The Kier molecular flexibility index (Phi) is 6.80. The number of aromatic nitrogens is 2. The zero-order valence-electron chi connectivity index (χ0n) is 15.7. The molecule has 0 aliphatic heterocycles. The lowest BCUT2D eigenvalue weighted by Crippen LogP contribution is -2.28. The van der Waals surface area contributed by atoms with Crippen molar-refractivity contribution in [2.24, 2.45) is 5.92 Å². The highest BCUT2D eigenvalue weighted by molar-refractivity contribution is 6.33. The number of halogens is 1. The summed E-state index contributed by atoms with van der Waals surface area (Å²) in [6.07, 6.45) is 1.42. The summed E-state index contributed by atoms with van der Waals surface area (Å²) in [6.45, 7) is 8.35. The Morgan fingerprint density at radius 1 is 1.27 bits per heavy atom. The van der Waals surface area contributed by atoms with Crippen LogP contribution in [0.3, 0.4) is 0 Å². The maximum Gasteiger partial charge on any atom is 0.272 e. The van der Waals surface area contributed by atoms with Crippen molar-refractivity contribution in [1.29, 1.82) is 0 Å². The van der Waals surface area contributed by atoms with Gasteiger partial charge in [-0.05, 0) is 37.5 Å². The van der Waals surface area contributed by atoms with Crippen molar-refractivity contribution in [3.63, 3.8) is 0 Å². The first-order valence-corrected chi connectivity index (χ1v) is 8.80. The number of hydrogen-bond acceptors (Lipinski definition) is 5. The van der Waals surface area contributed by atoms with Crippen LogP contribution >= 0.6 is 11.6 Å². The summed E-state index contributed by atoms with van der Waals surface area (Å²) in [6, 6.07) is 5.34. The Morgan fingerprint density at radius 2 is 2.00 bits per heavy atom. The summed E-state index contributed by atoms with van der Waals surface area (Å²) in [5, 5.41) is 3.11. The van der Waals surface area contributed by atoms with E-state index in [1.807, 2.05) is 25.1 Å². The molecule has 1 aromatic carbocycles. The number of nitrogens with one attached hydrogen (secondary N) is 1. The third kappa shape index (κ3) is 5.08. The van der Waals surface area contributed by atoms with Gasteiger partial charge in [0.1, 0.15) is 11.5 Å². The van der Waals surface area contributed by atoms with Crippen molar-refractivity contribution < 1.29 is 14.3 Å². The Morgan fingerprint density at radius 3 is 2.65 bits per heavy atom. The van der Waals surface area contributed by atoms with E-state index in [9.17, 15) is 4.79 Å². The van der Waals surface area contributed by atoms with Gasteiger partial charge in [-0.3, -0.25) is 4.79 Å². The number of carbonyl (C=O) groups is 1. The van der Waals surface area contributed by atoms with Gasteiger partial charge in [0.05, 0.1) is 31.0 Å². The standard InChI is InChI=1S/C19H24ClN3O3/c1-11(2)10-26-16-7-6-14(8-17(16)25-5)12(3)22-19(24)18-15(20)9-21-13(4)23-18/h6-9,11-12H,10H2,1-5H3,(H,22,24). The number of aryl methyl sites for hydroxylation is 1. The highest BCUT2D eigenvalue weighted by Gasteiger charge is 2.18. The van der Waals surface area contributed by atoms with E-state index in [-0.39, 0.29) is 22.7 Å². The maximum atomic E-state index is 12.5. The van der Waals surface area contributed by atoms with Crippen LogP contribution in [-0.2, 0) is 0 Å². The highest BCUT2D eigenvalue weighted by Crippen LogP contribution is 2.30. The van der Waals surface area contributed by atoms with E-state index < -0.39 is 0 Å². The molecule has 0 aliphatic carbocycles. The van der Waals surface area contributed by atoms with Gasteiger partial charge in [0.25, 0.3) is 5.91 Å². The van der Waals surface area contributed by atoms with Crippen LogP contribution in [0.15, 0.2) is 24.4 Å². The lowest BCUT2D eigenvalue weighted by atomic mass is 10.1. The molecule has 0 aliphatic rings. The van der Waals surface area contributed by atoms with Gasteiger partial charge in [0.15, 0.2) is 11.5 Å². The van der Waals surface area contributed by atoms with Crippen molar-refractivity contribution in [2.75, 3.05) is 13.7 Å². The minimum atomic E-state index is -0.355. The molecule has 1 heterocycles. The number of carbonyl (C=O) groups excluding carboxylic acids is 1. The lowest BCUT2D eigenvalue weighted by molar-refractivity contribution is 0.0934. The Labute approximate surface area is 158 Å². The number of amides is 1. The Bertz CT molecular complexity index is 781.